The van der Waals surface area contributed by atoms with E-state index in [1.165, 1.54) is 9.47 Å². The monoisotopic (exact) mass is 423 g/mol. The Hall–Kier alpha value is -3.55. The van der Waals surface area contributed by atoms with Gasteiger partial charge < -0.3 is 15.2 Å². The first-order chi connectivity index (χ1) is 14.8. The van der Waals surface area contributed by atoms with Crippen molar-refractivity contribution in [3.05, 3.63) is 75.2 Å². The summed E-state index contributed by atoms with van der Waals surface area (Å²) >= 11 is 0. The molecule has 0 aliphatic heterocycles. The van der Waals surface area contributed by atoms with E-state index in [0.29, 0.717) is 12.1 Å². The fraction of sp³-hybridized carbons (Fsp3) is 0.348. The minimum absolute atomic E-state index is 0.0118. The number of nitrogens with zero attached hydrogens (tertiary/aromatic N) is 3. The number of hydrogen-bond donors (Lipinski definition) is 2. The molecule has 0 bridgehead atoms. The van der Waals surface area contributed by atoms with Crippen LogP contribution in [0.2, 0.25) is 0 Å². The van der Waals surface area contributed by atoms with Gasteiger partial charge in [0.05, 0.1) is 0 Å². The van der Waals surface area contributed by atoms with Gasteiger partial charge in [-0.25, -0.2) is 4.79 Å². The highest BCUT2D eigenvalue weighted by molar-refractivity contribution is 6.07. The third-order valence-electron chi connectivity index (χ3n) is 5.01. The van der Waals surface area contributed by atoms with Gasteiger partial charge in [0, 0.05) is 36.7 Å². The number of nitrogens with one attached hydrogen (secondary N) is 1. The van der Waals surface area contributed by atoms with Crippen LogP contribution in [-0.2, 0) is 6.54 Å². The van der Waals surface area contributed by atoms with Crippen LogP contribution >= 0.6 is 0 Å². The number of anilines is 2. The van der Waals surface area contributed by atoms with E-state index < -0.39 is 11.2 Å². The summed E-state index contributed by atoms with van der Waals surface area (Å²) in [6.07, 6.45) is 5.37. The van der Waals surface area contributed by atoms with Gasteiger partial charge in [0.1, 0.15) is 5.82 Å². The van der Waals surface area contributed by atoms with Gasteiger partial charge in [-0.05, 0) is 42.7 Å². The molecule has 1 amide bonds. The lowest BCUT2D eigenvalue weighted by Gasteiger charge is -2.26. The number of benzene rings is 1. The maximum Gasteiger partial charge on any atom is 0.330 e. The molecular weight excluding hydrogens is 394 g/mol. The molecule has 8 heteroatoms. The van der Waals surface area contributed by atoms with Crippen LogP contribution in [0.5, 0.6) is 0 Å². The van der Waals surface area contributed by atoms with Crippen LogP contribution in [0, 0.1) is 5.92 Å². The molecule has 0 fully saturated rings. The fourth-order valence-electron chi connectivity index (χ4n) is 3.48. The summed E-state index contributed by atoms with van der Waals surface area (Å²) in [6, 6.07) is 11.0. The predicted octanol–water partition coefficient (Wildman–Crippen LogP) is 3.01. The fourth-order valence-corrected chi connectivity index (χ4v) is 3.48. The topological polar surface area (TPSA) is 106 Å². The van der Waals surface area contributed by atoms with Crippen molar-refractivity contribution in [1.29, 1.82) is 0 Å². The third kappa shape index (κ3) is 4.79. The molecule has 8 nitrogen and oxygen atoms in total. The summed E-state index contributed by atoms with van der Waals surface area (Å²) in [5, 5.41) is 0. The number of H-pyrrole nitrogens is 1. The molecule has 2 aromatic heterocycles. The number of carbonyl (C=O) groups is 1. The van der Waals surface area contributed by atoms with Crippen molar-refractivity contribution in [3.63, 3.8) is 0 Å². The number of nitrogen functional groups attached to an aromatic ring is 1. The highest BCUT2D eigenvalue weighted by Gasteiger charge is 2.26. The molecule has 3 rings (SSSR count). The molecule has 3 N–H and O–H groups in total. The second kappa shape index (κ2) is 9.51. The van der Waals surface area contributed by atoms with E-state index >= 15 is 0 Å². The van der Waals surface area contributed by atoms with E-state index in [1.807, 2.05) is 55.9 Å². The quantitative estimate of drug-likeness (QED) is 0.581. The number of aromatic nitrogens is 3. The second-order valence-electron chi connectivity index (χ2n) is 7.95. The van der Waals surface area contributed by atoms with Gasteiger partial charge in [-0.2, -0.15) is 0 Å². The van der Waals surface area contributed by atoms with Crippen LogP contribution in [0.25, 0.3) is 5.69 Å². The highest BCUT2D eigenvalue weighted by atomic mass is 16.2. The molecule has 2 heterocycles. The van der Waals surface area contributed by atoms with Gasteiger partial charge in [-0.1, -0.05) is 33.3 Å². The number of amides is 1. The molecule has 0 unspecified atom stereocenters. The van der Waals surface area contributed by atoms with Crippen molar-refractivity contribution >= 4 is 17.4 Å². The Bertz CT molecular complexity index is 1160. The predicted molar refractivity (Wildman–Crippen MR) is 123 cm³/mol. The summed E-state index contributed by atoms with van der Waals surface area (Å²) in [5.41, 5.74) is 6.32. The average Bonchev–Trinajstić information content (AvgIpc) is 3.27. The highest BCUT2D eigenvalue weighted by Crippen LogP contribution is 2.22. The van der Waals surface area contributed by atoms with E-state index in [4.69, 9.17) is 5.73 Å². The number of rotatable bonds is 8. The summed E-state index contributed by atoms with van der Waals surface area (Å²) in [4.78, 5) is 42.3. The molecule has 0 spiro atoms. The SMILES string of the molecule is CCCCn1c(N)c(N(CC(C)C)C(=O)c2cccc(-n3cccc3)c2)c(=O)[nH]c1=O. The smallest absolute Gasteiger partial charge is 0.330 e. The van der Waals surface area contributed by atoms with Gasteiger partial charge in [0.15, 0.2) is 5.69 Å². The summed E-state index contributed by atoms with van der Waals surface area (Å²) in [7, 11) is 0. The normalized spacial score (nSPS) is 11.1. The molecule has 0 radical (unpaired) electrons. The number of nitrogens with two attached hydrogens (primary N) is 1. The van der Waals surface area contributed by atoms with Gasteiger partial charge in [0.2, 0.25) is 0 Å². The van der Waals surface area contributed by atoms with Crippen molar-refractivity contribution in [2.24, 2.45) is 5.92 Å². The van der Waals surface area contributed by atoms with E-state index in [9.17, 15) is 14.4 Å². The zero-order chi connectivity index (χ0) is 22.5. The van der Waals surface area contributed by atoms with Crippen LogP contribution in [0.4, 0.5) is 11.5 Å². The summed E-state index contributed by atoms with van der Waals surface area (Å²) < 4.78 is 3.23. The summed E-state index contributed by atoms with van der Waals surface area (Å²) in [5.74, 6) is -0.259. The van der Waals surface area contributed by atoms with E-state index in [2.05, 4.69) is 4.98 Å². The molecule has 0 aliphatic carbocycles. The molecule has 0 saturated carbocycles. The van der Waals surface area contributed by atoms with E-state index in [1.54, 1.807) is 18.2 Å². The Labute approximate surface area is 180 Å². The van der Waals surface area contributed by atoms with Crippen LogP contribution in [-0.4, -0.2) is 26.6 Å². The first-order valence-electron chi connectivity index (χ1n) is 10.5. The molecule has 0 saturated heterocycles. The van der Waals surface area contributed by atoms with Crippen molar-refractivity contribution in [2.75, 3.05) is 17.2 Å². The molecule has 164 valence electrons. The minimum atomic E-state index is -0.661. The number of unbranched alkanes of at least 4 members (excludes halogenated alkanes) is 1. The van der Waals surface area contributed by atoms with Gasteiger partial charge >= 0.3 is 5.69 Å². The van der Waals surface area contributed by atoms with Crippen LogP contribution < -0.4 is 21.9 Å². The maximum atomic E-state index is 13.5. The van der Waals surface area contributed by atoms with Crippen molar-refractivity contribution in [3.8, 4) is 5.69 Å². The Balaban J connectivity index is 2.09. The van der Waals surface area contributed by atoms with Crippen molar-refractivity contribution in [2.45, 2.75) is 40.2 Å². The second-order valence-corrected chi connectivity index (χ2v) is 7.95. The lowest BCUT2D eigenvalue weighted by Crippen LogP contribution is -2.42. The molecular formula is C23H29N5O3. The third-order valence-corrected chi connectivity index (χ3v) is 5.01. The van der Waals surface area contributed by atoms with Crippen LogP contribution in [0.3, 0.4) is 0 Å². The van der Waals surface area contributed by atoms with Gasteiger partial charge in [0.25, 0.3) is 11.5 Å². The first kappa shape index (κ1) is 22.1. The Morgan fingerprint density at radius 2 is 1.87 bits per heavy atom. The molecule has 1 aromatic carbocycles. The zero-order valence-corrected chi connectivity index (χ0v) is 18.2. The molecule has 0 aliphatic rings. The first-order valence-corrected chi connectivity index (χ1v) is 10.5. The Morgan fingerprint density at radius 3 is 2.52 bits per heavy atom. The molecule has 0 atom stereocenters. The summed E-state index contributed by atoms with van der Waals surface area (Å²) in [6.45, 7) is 6.56. The molecule has 3 aromatic rings. The zero-order valence-electron chi connectivity index (χ0n) is 18.2. The number of hydrogen-bond acceptors (Lipinski definition) is 4. The minimum Gasteiger partial charge on any atom is -0.383 e. The lowest BCUT2D eigenvalue weighted by molar-refractivity contribution is 0.0983. The van der Waals surface area contributed by atoms with E-state index in [-0.39, 0.29) is 29.9 Å². The van der Waals surface area contributed by atoms with Crippen LogP contribution in [0.1, 0.15) is 44.0 Å². The standard InChI is InChI=1S/C23H29N5O3/c1-4-5-13-27-20(24)19(21(29)25-23(27)31)28(15-16(2)3)22(30)17-9-8-10-18(14-17)26-11-6-7-12-26/h6-12,14,16H,4-5,13,15,24H2,1-3H3,(H,25,29,31). The molecule has 31 heavy (non-hydrogen) atoms. The van der Waals surface area contributed by atoms with Gasteiger partial charge in [-0.15, -0.1) is 0 Å². The largest absolute Gasteiger partial charge is 0.383 e. The maximum absolute atomic E-state index is 13.5. The number of aromatic amines is 1. The van der Waals surface area contributed by atoms with Crippen molar-refractivity contribution < 1.29 is 4.79 Å². The van der Waals surface area contributed by atoms with Crippen molar-refractivity contribution in [1.82, 2.24) is 14.1 Å². The number of carbonyl (C=O) groups excluding carboxylic acids is 1. The Kier molecular flexibility index (Phi) is 6.79. The van der Waals surface area contributed by atoms with E-state index in [0.717, 1.165) is 18.5 Å². The van der Waals surface area contributed by atoms with Gasteiger partial charge in [-0.3, -0.25) is 19.1 Å². The van der Waals surface area contributed by atoms with Crippen LogP contribution in [0.15, 0.2) is 58.4 Å². The Morgan fingerprint density at radius 1 is 1.16 bits per heavy atom. The average molecular weight is 424 g/mol. The lowest BCUT2D eigenvalue weighted by atomic mass is 10.1.